The van der Waals surface area contributed by atoms with Crippen molar-refractivity contribution < 1.29 is 27.7 Å². The summed E-state index contributed by atoms with van der Waals surface area (Å²) in [6, 6.07) is 13.6. The molecule has 2 aliphatic rings. The molecule has 2 aromatic rings. The van der Waals surface area contributed by atoms with Crippen molar-refractivity contribution in [2.75, 3.05) is 6.54 Å². The first-order chi connectivity index (χ1) is 17.0. The van der Waals surface area contributed by atoms with Gasteiger partial charge in [0.05, 0.1) is 29.5 Å². The molecule has 0 saturated carbocycles. The molecule has 0 amide bonds. The molecule has 0 aromatic heterocycles. The number of para-hydroxylation sites is 1. The summed E-state index contributed by atoms with van der Waals surface area (Å²) in [7, 11) is -4.32. The molecule has 0 radical (unpaired) electrons. The Labute approximate surface area is 210 Å². The van der Waals surface area contributed by atoms with E-state index in [0.29, 0.717) is 19.4 Å². The Kier molecular flexibility index (Phi) is 7.46. The summed E-state index contributed by atoms with van der Waals surface area (Å²) in [6.45, 7) is 5.72. The fourth-order valence-corrected chi connectivity index (χ4v) is 6.64. The van der Waals surface area contributed by atoms with E-state index in [1.807, 2.05) is 30.3 Å². The zero-order valence-electron chi connectivity index (χ0n) is 20.6. The number of rotatable bonds is 7. The number of nitro benzene ring substituents is 1. The highest BCUT2D eigenvalue weighted by Crippen LogP contribution is 2.38. The first-order valence-electron chi connectivity index (χ1n) is 11.9. The number of esters is 1. The van der Waals surface area contributed by atoms with Crippen LogP contribution in [0.25, 0.3) is 0 Å². The van der Waals surface area contributed by atoms with Crippen LogP contribution in [-0.4, -0.2) is 59.0 Å². The Bertz CT molecular complexity index is 1210. The van der Waals surface area contributed by atoms with Crippen LogP contribution in [0.4, 0.5) is 5.69 Å². The van der Waals surface area contributed by atoms with Crippen molar-refractivity contribution in [1.82, 2.24) is 9.37 Å². The molecule has 3 atom stereocenters. The fourth-order valence-electron chi connectivity index (χ4n) is 4.81. The molecule has 4 rings (SSSR count). The van der Waals surface area contributed by atoms with E-state index in [9.17, 15) is 23.3 Å². The number of ether oxygens (including phenoxy) is 1. The maximum Gasteiger partial charge on any atom is 0.307 e. The van der Waals surface area contributed by atoms with Gasteiger partial charge >= 0.3 is 5.97 Å². The molecule has 3 unspecified atom stereocenters. The van der Waals surface area contributed by atoms with E-state index < -0.39 is 49.2 Å². The van der Waals surface area contributed by atoms with Crippen LogP contribution in [0.15, 0.2) is 59.5 Å². The van der Waals surface area contributed by atoms with Crippen molar-refractivity contribution in [2.24, 2.45) is 0 Å². The third-order valence-electron chi connectivity index (χ3n) is 6.27. The average Bonchev–Trinajstić information content (AvgIpc) is 3.10. The highest BCUT2D eigenvalue weighted by molar-refractivity contribution is 7.89. The van der Waals surface area contributed by atoms with Crippen LogP contribution in [0.5, 0.6) is 0 Å². The van der Waals surface area contributed by atoms with Crippen LogP contribution in [0.3, 0.4) is 0 Å². The fraction of sp³-hybridized carbons (Fsp3) is 0.480. The summed E-state index contributed by atoms with van der Waals surface area (Å²) in [5.74, 6) is -0.541. The molecule has 194 valence electrons. The topological polar surface area (TPSA) is 119 Å². The van der Waals surface area contributed by atoms with Gasteiger partial charge in [0.25, 0.3) is 5.69 Å². The molecular weight excluding hydrogens is 486 g/mol. The summed E-state index contributed by atoms with van der Waals surface area (Å²) in [4.78, 5) is 29.7. The second-order valence-electron chi connectivity index (χ2n) is 10.1. The predicted octanol–water partition coefficient (Wildman–Crippen LogP) is 3.66. The van der Waals surface area contributed by atoms with Crippen molar-refractivity contribution in [3.8, 4) is 0 Å². The molecule has 2 fully saturated rings. The number of sulfonamides is 1. The SMILES string of the molecule is CC(C)(C)OC(=O)CC1C2CC(CCN1S(=O)(=O)c1ccccc1[N+](=O)[O-])ON2Cc1ccccc1. The number of hydrogen-bond donors (Lipinski definition) is 0. The normalized spacial score (nSPS) is 23.2. The van der Waals surface area contributed by atoms with E-state index in [-0.39, 0.29) is 19.1 Å². The zero-order chi connectivity index (χ0) is 26.1. The summed E-state index contributed by atoms with van der Waals surface area (Å²) in [5, 5.41) is 13.4. The van der Waals surface area contributed by atoms with Gasteiger partial charge in [-0.05, 0) is 45.2 Å². The van der Waals surface area contributed by atoms with Crippen molar-refractivity contribution in [1.29, 1.82) is 0 Å². The molecule has 0 N–H and O–H groups in total. The number of fused-ring (bicyclic) bond motifs is 2. The first-order valence-corrected chi connectivity index (χ1v) is 13.3. The van der Waals surface area contributed by atoms with Gasteiger partial charge < -0.3 is 4.74 Å². The Balaban J connectivity index is 1.73. The van der Waals surface area contributed by atoms with Crippen molar-refractivity contribution in [2.45, 2.75) is 75.3 Å². The number of benzene rings is 2. The van der Waals surface area contributed by atoms with Crippen LogP contribution >= 0.6 is 0 Å². The Hall–Kier alpha value is -2.86. The largest absolute Gasteiger partial charge is 0.460 e. The van der Waals surface area contributed by atoms with E-state index in [4.69, 9.17) is 9.57 Å². The number of hydroxylamine groups is 2. The summed E-state index contributed by atoms with van der Waals surface area (Å²) in [6.07, 6.45) is 0.490. The maximum atomic E-state index is 13.9. The maximum absolute atomic E-state index is 13.9. The standard InChI is InChI=1S/C25H31N3O7S/c1-25(2,3)34-24(29)16-22-21-15-19(35-26(21)17-18-9-5-4-6-10-18)13-14-27(22)36(32,33)23-12-8-7-11-20(23)28(30)31/h4-12,19,21-22H,13-17H2,1-3H3. The van der Waals surface area contributed by atoms with Crippen molar-refractivity contribution in [3.63, 3.8) is 0 Å². The van der Waals surface area contributed by atoms with Crippen LogP contribution < -0.4 is 0 Å². The summed E-state index contributed by atoms with van der Waals surface area (Å²) >= 11 is 0. The lowest BCUT2D eigenvalue weighted by Gasteiger charge is -2.37. The van der Waals surface area contributed by atoms with Gasteiger partial charge in [0, 0.05) is 19.2 Å². The molecule has 2 aliphatic heterocycles. The summed E-state index contributed by atoms with van der Waals surface area (Å²) < 4.78 is 34.6. The molecule has 0 spiro atoms. The lowest BCUT2D eigenvalue weighted by Crippen LogP contribution is -2.52. The van der Waals surface area contributed by atoms with E-state index in [2.05, 4.69) is 0 Å². The molecule has 2 bridgehead atoms. The molecule has 10 nitrogen and oxygen atoms in total. The molecule has 11 heteroatoms. The molecular formula is C25H31N3O7S. The van der Waals surface area contributed by atoms with E-state index >= 15 is 0 Å². The van der Waals surface area contributed by atoms with Crippen molar-refractivity contribution >= 4 is 21.7 Å². The average molecular weight is 518 g/mol. The van der Waals surface area contributed by atoms with Gasteiger partial charge in [-0.1, -0.05) is 42.5 Å². The van der Waals surface area contributed by atoms with Gasteiger partial charge in [0.15, 0.2) is 4.90 Å². The Morgan fingerprint density at radius 1 is 1.14 bits per heavy atom. The molecule has 0 aliphatic carbocycles. The first kappa shape index (κ1) is 26.2. The van der Waals surface area contributed by atoms with E-state index in [1.54, 1.807) is 25.8 Å². The van der Waals surface area contributed by atoms with Crippen LogP contribution in [0, 0.1) is 10.1 Å². The zero-order valence-corrected chi connectivity index (χ0v) is 21.4. The minimum atomic E-state index is -4.32. The van der Waals surface area contributed by atoms with Crippen LogP contribution in [0.2, 0.25) is 0 Å². The number of carbonyl (C=O) groups excluding carboxylic acids is 1. The third kappa shape index (κ3) is 5.75. The molecule has 2 aromatic carbocycles. The number of nitro groups is 1. The lowest BCUT2D eigenvalue weighted by molar-refractivity contribution is -0.387. The lowest BCUT2D eigenvalue weighted by atomic mass is 10.00. The minimum Gasteiger partial charge on any atom is -0.460 e. The molecule has 2 saturated heterocycles. The Morgan fingerprint density at radius 2 is 1.81 bits per heavy atom. The highest BCUT2D eigenvalue weighted by Gasteiger charge is 2.49. The molecule has 2 heterocycles. The second-order valence-corrected chi connectivity index (χ2v) is 11.9. The quantitative estimate of drug-likeness (QED) is 0.310. The second kappa shape index (κ2) is 10.3. The monoisotopic (exact) mass is 517 g/mol. The smallest absolute Gasteiger partial charge is 0.307 e. The minimum absolute atomic E-state index is 0.0716. The van der Waals surface area contributed by atoms with Gasteiger partial charge in [-0.2, -0.15) is 9.37 Å². The summed E-state index contributed by atoms with van der Waals surface area (Å²) in [5.41, 5.74) is -0.268. The van der Waals surface area contributed by atoms with Gasteiger partial charge in [-0.25, -0.2) is 8.42 Å². The number of carbonyl (C=O) groups is 1. The Morgan fingerprint density at radius 3 is 2.47 bits per heavy atom. The van der Waals surface area contributed by atoms with E-state index in [1.165, 1.54) is 28.6 Å². The van der Waals surface area contributed by atoms with Crippen LogP contribution in [-0.2, 0) is 30.9 Å². The third-order valence-corrected chi connectivity index (χ3v) is 8.24. The predicted molar refractivity (Wildman–Crippen MR) is 131 cm³/mol. The number of nitrogens with zero attached hydrogens (tertiary/aromatic N) is 3. The van der Waals surface area contributed by atoms with Gasteiger partial charge in [-0.15, -0.1) is 0 Å². The van der Waals surface area contributed by atoms with E-state index in [0.717, 1.165) is 5.56 Å². The molecule has 36 heavy (non-hydrogen) atoms. The van der Waals surface area contributed by atoms with Gasteiger partial charge in [-0.3, -0.25) is 19.7 Å². The van der Waals surface area contributed by atoms with Crippen LogP contribution in [0.1, 0.15) is 45.6 Å². The van der Waals surface area contributed by atoms with Gasteiger partial charge in [0.2, 0.25) is 10.0 Å². The highest BCUT2D eigenvalue weighted by atomic mass is 32.2. The van der Waals surface area contributed by atoms with Crippen molar-refractivity contribution in [3.05, 3.63) is 70.3 Å². The number of hydrogen-bond acceptors (Lipinski definition) is 8. The van der Waals surface area contributed by atoms with Gasteiger partial charge in [0.1, 0.15) is 5.60 Å².